The van der Waals surface area contributed by atoms with Crippen molar-refractivity contribution < 1.29 is 9.59 Å². The predicted molar refractivity (Wildman–Crippen MR) is 36.1 cm³/mol. The minimum Gasteiger partial charge on any atom is -0.293 e. The van der Waals surface area contributed by atoms with Crippen LogP contribution in [-0.4, -0.2) is 11.8 Å². The van der Waals surface area contributed by atoms with Crippen molar-refractivity contribution in [2.75, 3.05) is 0 Å². The van der Waals surface area contributed by atoms with E-state index in [1.807, 2.05) is 0 Å². The number of imide groups is 1. The van der Waals surface area contributed by atoms with E-state index in [0.29, 0.717) is 18.4 Å². The molecule has 1 rings (SSSR count). The summed E-state index contributed by atoms with van der Waals surface area (Å²) < 4.78 is 0. The molecule has 0 spiro atoms. The van der Waals surface area contributed by atoms with Crippen LogP contribution in [-0.2, 0) is 9.59 Å². The van der Waals surface area contributed by atoms with Crippen LogP contribution in [0.3, 0.4) is 0 Å². The van der Waals surface area contributed by atoms with Gasteiger partial charge in [-0.15, -0.1) is 0 Å². The van der Waals surface area contributed by atoms with Gasteiger partial charge in [0.2, 0.25) is 5.91 Å². The molecule has 1 N–H and O–H groups in total. The number of rotatable bonds is 0. The zero-order chi connectivity index (χ0) is 7.56. The molecule has 0 saturated carbocycles. The Hall–Kier alpha value is -1.12. The average molecular weight is 139 g/mol. The van der Waals surface area contributed by atoms with Crippen LogP contribution in [0.25, 0.3) is 0 Å². The number of amides is 2. The normalized spacial score (nSPS) is 20.2. The molecule has 0 bridgehead atoms. The van der Waals surface area contributed by atoms with Crippen LogP contribution in [0.1, 0.15) is 19.3 Å². The highest BCUT2D eigenvalue weighted by molar-refractivity contribution is 6.04. The first-order valence-corrected chi connectivity index (χ1v) is 3.22. The number of hydrogen-bond donors (Lipinski definition) is 1. The van der Waals surface area contributed by atoms with Gasteiger partial charge in [-0.2, -0.15) is 0 Å². The zero-order valence-corrected chi connectivity index (χ0v) is 5.64. The van der Waals surface area contributed by atoms with Crippen LogP contribution in [0, 0.1) is 0 Å². The van der Waals surface area contributed by atoms with Crippen molar-refractivity contribution in [3.63, 3.8) is 0 Å². The first-order chi connectivity index (χ1) is 4.70. The highest BCUT2D eigenvalue weighted by Crippen LogP contribution is 2.08. The van der Waals surface area contributed by atoms with Gasteiger partial charge in [-0.25, -0.2) is 0 Å². The Kier molecular flexibility index (Phi) is 1.85. The molecule has 3 nitrogen and oxygen atoms in total. The third-order valence-electron chi connectivity index (χ3n) is 1.46. The van der Waals surface area contributed by atoms with Crippen molar-refractivity contribution in [1.29, 1.82) is 0 Å². The van der Waals surface area contributed by atoms with E-state index in [1.54, 1.807) is 0 Å². The Bertz CT molecular complexity index is 196. The van der Waals surface area contributed by atoms with Gasteiger partial charge in [0.25, 0.3) is 5.91 Å². The summed E-state index contributed by atoms with van der Waals surface area (Å²) in [5.41, 5.74) is 0.505. The second-order valence-electron chi connectivity index (χ2n) is 2.33. The largest absolute Gasteiger partial charge is 0.293 e. The molecule has 0 aromatic heterocycles. The fourth-order valence-electron chi connectivity index (χ4n) is 0.853. The van der Waals surface area contributed by atoms with Crippen molar-refractivity contribution in [3.8, 4) is 0 Å². The standard InChI is InChI=1S/C7H9NO2/c1-5-3-2-4-6(9)8-7(5)10/h1-4H2,(H,8,9,10). The molecule has 1 aliphatic rings. The van der Waals surface area contributed by atoms with E-state index < -0.39 is 0 Å². The van der Waals surface area contributed by atoms with E-state index in [4.69, 9.17) is 0 Å². The van der Waals surface area contributed by atoms with Crippen LogP contribution < -0.4 is 5.32 Å². The van der Waals surface area contributed by atoms with Gasteiger partial charge in [-0.05, 0) is 12.8 Å². The molecule has 0 unspecified atom stereocenters. The average Bonchev–Trinajstić information content (AvgIpc) is 1.96. The van der Waals surface area contributed by atoms with Gasteiger partial charge in [0.05, 0.1) is 0 Å². The lowest BCUT2D eigenvalue weighted by Crippen LogP contribution is -2.28. The lowest BCUT2D eigenvalue weighted by atomic mass is 10.1. The summed E-state index contributed by atoms with van der Waals surface area (Å²) in [5.74, 6) is -0.508. The summed E-state index contributed by atoms with van der Waals surface area (Å²) in [6.07, 6.45) is 1.80. The molecule has 54 valence electrons. The van der Waals surface area contributed by atoms with E-state index in [9.17, 15) is 9.59 Å². The summed E-state index contributed by atoms with van der Waals surface area (Å²) >= 11 is 0. The van der Waals surface area contributed by atoms with Crippen LogP contribution in [0.2, 0.25) is 0 Å². The maximum Gasteiger partial charge on any atom is 0.253 e. The molecular formula is C7H9NO2. The molecule has 0 aliphatic carbocycles. The van der Waals surface area contributed by atoms with E-state index in [0.717, 1.165) is 6.42 Å². The van der Waals surface area contributed by atoms with Crippen LogP contribution in [0.5, 0.6) is 0 Å². The number of nitrogens with one attached hydrogen (secondary N) is 1. The molecule has 2 amide bonds. The summed E-state index contributed by atoms with van der Waals surface area (Å²) in [5, 5.41) is 2.21. The van der Waals surface area contributed by atoms with Crippen LogP contribution in [0.4, 0.5) is 0 Å². The molecule has 0 atom stereocenters. The van der Waals surface area contributed by atoms with Crippen molar-refractivity contribution in [2.45, 2.75) is 19.3 Å². The molecule has 1 saturated heterocycles. The molecule has 1 fully saturated rings. The monoisotopic (exact) mass is 139 g/mol. The molecule has 3 heteroatoms. The minimum atomic E-state index is -0.317. The second kappa shape index (κ2) is 2.64. The third-order valence-corrected chi connectivity index (χ3v) is 1.46. The maximum atomic E-state index is 10.8. The SMILES string of the molecule is C=C1CCCC(=O)NC1=O. The predicted octanol–water partition coefficient (Wildman–Crippen LogP) is 0.369. The summed E-state index contributed by atoms with van der Waals surface area (Å²) in [6.45, 7) is 3.53. The maximum absolute atomic E-state index is 10.8. The Morgan fingerprint density at radius 3 is 2.70 bits per heavy atom. The molecule has 1 heterocycles. The third kappa shape index (κ3) is 1.43. The topological polar surface area (TPSA) is 46.2 Å². The van der Waals surface area contributed by atoms with Gasteiger partial charge in [0.1, 0.15) is 0 Å². The van der Waals surface area contributed by atoms with Gasteiger partial charge in [0, 0.05) is 12.0 Å². The number of carbonyl (C=O) groups is 2. The van der Waals surface area contributed by atoms with Gasteiger partial charge in [-0.3, -0.25) is 14.9 Å². The fourth-order valence-corrected chi connectivity index (χ4v) is 0.853. The van der Waals surface area contributed by atoms with Gasteiger partial charge >= 0.3 is 0 Å². The molecular weight excluding hydrogens is 130 g/mol. The summed E-state index contributed by atoms with van der Waals surface area (Å²) in [4.78, 5) is 21.5. The smallest absolute Gasteiger partial charge is 0.253 e. The van der Waals surface area contributed by atoms with E-state index in [1.165, 1.54) is 0 Å². The van der Waals surface area contributed by atoms with Gasteiger partial charge < -0.3 is 0 Å². The Morgan fingerprint density at radius 1 is 1.30 bits per heavy atom. The van der Waals surface area contributed by atoms with Crippen molar-refractivity contribution >= 4 is 11.8 Å². The second-order valence-corrected chi connectivity index (χ2v) is 2.33. The summed E-state index contributed by atoms with van der Waals surface area (Å²) in [6, 6.07) is 0. The van der Waals surface area contributed by atoms with Crippen LogP contribution in [0.15, 0.2) is 12.2 Å². The highest BCUT2D eigenvalue weighted by atomic mass is 16.2. The van der Waals surface area contributed by atoms with Crippen molar-refractivity contribution in [2.24, 2.45) is 0 Å². The van der Waals surface area contributed by atoms with E-state index in [-0.39, 0.29) is 11.8 Å². The number of hydrogen-bond acceptors (Lipinski definition) is 2. The Labute approximate surface area is 59.1 Å². The zero-order valence-electron chi connectivity index (χ0n) is 5.64. The van der Waals surface area contributed by atoms with Gasteiger partial charge in [-0.1, -0.05) is 6.58 Å². The highest BCUT2D eigenvalue weighted by Gasteiger charge is 2.15. The molecule has 0 aromatic rings. The molecule has 0 radical (unpaired) electrons. The Morgan fingerprint density at radius 2 is 2.00 bits per heavy atom. The Balaban J connectivity index is 2.66. The quantitative estimate of drug-likeness (QED) is 0.389. The lowest BCUT2D eigenvalue weighted by molar-refractivity contribution is -0.127. The molecule has 1 aliphatic heterocycles. The first-order valence-electron chi connectivity index (χ1n) is 3.22. The lowest BCUT2D eigenvalue weighted by Gasteiger charge is -1.96. The van der Waals surface area contributed by atoms with Gasteiger partial charge in [0.15, 0.2) is 0 Å². The first kappa shape index (κ1) is 6.99. The molecule has 0 aromatic carbocycles. The van der Waals surface area contributed by atoms with E-state index >= 15 is 0 Å². The van der Waals surface area contributed by atoms with Crippen molar-refractivity contribution in [3.05, 3.63) is 12.2 Å². The number of carbonyl (C=O) groups excluding carboxylic acids is 2. The van der Waals surface area contributed by atoms with E-state index in [2.05, 4.69) is 11.9 Å². The van der Waals surface area contributed by atoms with Crippen molar-refractivity contribution in [1.82, 2.24) is 5.32 Å². The summed E-state index contributed by atoms with van der Waals surface area (Å²) in [7, 11) is 0. The molecule has 10 heavy (non-hydrogen) atoms. The minimum absolute atomic E-state index is 0.191. The van der Waals surface area contributed by atoms with Crippen LogP contribution >= 0.6 is 0 Å². The fraction of sp³-hybridized carbons (Fsp3) is 0.429.